The van der Waals surface area contributed by atoms with E-state index in [9.17, 15) is 14.4 Å². The number of rotatable bonds is 4. The summed E-state index contributed by atoms with van der Waals surface area (Å²) in [4.78, 5) is 34.7. The molecule has 1 aromatic carbocycles. The molecule has 6 heteroatoms. The maximum Gasteiger partial charge on any atom is 0.307 e. The first-order chi connectivity index (χ1) is 9.93. The van der Waals surface area contributed by atoms with Crippen LogP contribution in [0.4, 0.5) is 5.69 Å². The molecule has 6 nitrogen and oxygen atoms in total. The molecule has 2 atom stereocenters. The zero-order valence-electron chi connectivity index (χ0n) is 12.0. The summed E-state index contributed by atoms with van der Waals surface area (Å²) in [5.74, 6) is -2.57. The van der Waals surface area contributed by atoms with Crippen LogP contribution >= 0.6 is 0 Å². The minimum Gasteiger partial charge on any atom is -0.481 e. The number of nitrogens with one attached hydrogen (secondary N) is 2. The summed E-state index contributed by atoms with van der Waals surface area (Å²) in [6, 6.07) is 5.02. The number of carbonyl (C=O) groups excluding carboxylic acids is 2. The minimum atomic E-state index is -0.933. The van der Waals surface area contributed by atoms with Crippen LogP contribution in [0.3, 0.4) is 0 Å². The van der Waals surface area contributed by atoms with Crippen molar-refractivity contribution < 1.29 is 19.5 Å². The van der Waals surface area contributed by atoms with E-state index in [0.717, 1.165) is 5.56 Å². The minimum absolute atomic E-state index is 0.238. The van der Waals surface area contributed by atoms with E-state index in [0.29, 0.717) is 24.1 Å². The Bertz CT molecular complexity index is 597. The molecule has 1 aromatic rings. The van der Waals surface area contributed by atoms with Gasteiger partial charge >= 0.3 is 5.97 Å². The number of aliphatic carboxylic acids is 1. The van der Waals surface area contributed by atoms with Crippen LogP contribution in [0.5, 0.6) is 0 Å². The van der Waals surface area contributed by atoms with Crippen molar-refractivity contribution in [2.75, 3.05) is 12.4 Å². The summed E-state index contributed by atoms with van der Waals surface area (Å²) in [5, 5.41) is 14.2. The second kappa shape index (κ2) is 5.95. The number of aryl methyl sites for hydroxylation is 1. The zero-order chi connectivity index (χ0) is 15.6. The molecule has 0 aliphatic heterocycles. The molecule has 3 N–H and O–H groups in total. The third-order valence-corrected chi connectivity index (χ3v) is 3.91. The summed E-state index contributed by atoms with van der Waals surface area (Å²) >= 11 is 0. The summed E-state index contributed by atoms with van der Waals surface area (Å²) in [6.45, 7) is 1.82. The molecule has 1 fully saturated rings. The van der Waals surface area contributed by atoms with E-state index in [1.165, 1.54) is 7.05 Å². The van der Waals surface area contributed by atoms with E-state index in [-0.39, 0.29) is 11.8 Å². The van der Waals surface area contributed by atoms with Crippen LogP contribution in [0, 0.1) is 18.8 Å². The number of carbonyl (C=O) groups is 3. The lowest BCUT2D eigenvalue weighted by Gasteiger charge is -2.32. The van der Waals surface area contributed by atoms with Gasteiger partial charge in [-0.05, 0) is 37.5 Å². The lowest BCUT2D eigenvalue weighted by atomic mass is 9.73. The van der Waals surface area contributed by atoms with Gasteiger partial charge in [0.2, 0.25) is 5.91 Å². The topological polar surface area (TPSA) is 95.5 Å². The number of carboxylic acids is 1. The molecule has 2 rings (SSSR count). The molecular formula is C15H18N2O4. The van der Waals surface area contributed by atoms with Gasteiger partial charge in [0.1, 0.15) is 0 Å². The highest BCUT2D eigenvalue weighted by atomic mass is 16.4. The normalized spacial score (nSPS) is 20.3. The van der Waals surface area contributed by atoms with Gasteiger partial charge < -0.3 is 15.7 Å². The maximum atomic E-state index is 12.1. The van der Waals surface area contributed by atoms with Crippen LogP contribution in [0.15, 0.2) is 18.2 Å². The Morgan fingerprint density at radius 1 is 1.19 bits per heavy atom. The molecule has 1 aliphatic carbocycles. The Morgan fingerprint density at radius 2 is 1.86 bits per heavy atom. The maximum absolute atomic E-state index is 12.1. The van der Waals surface area contributed by atoms with Crippen LogP contribution < -0.4 is 10.6 Å². The highest BCUT2D eigenvalue weighted by Gasteiger charge is 2.41. The Hall–Kier alpha value is -2.37. The van der Waals surface area contributed by atoms with Gasteiger partial charge in [0.05, 0.1) is 11.8 Å². The number of amides is 2. The van der Waals surface area contributed by atoms with Crippen molar-refractivity contribution in [3.05, 3.63) is 29.3 Å². The Labute approximate surface area is 122 Å². The van der Waals surface area contributed by atoms with Crippen LogP contribution in [-0.2, 0) is 9.59 Å². The number of hydrogen-bond acceptors (Lipinski definition) is 3. The SMILES string of the molecule is CNC(=O)c1ccc(C)c(NC(=O)C2CCC2C(=O)O)c1. The average Bonchev–Trinajstić information content (AvgIpc) is 2.38. The Kier molecular flexibility index (Phi) is 4.26. The quantitative estimate of drug-likeness (QED) is 0.781. The highest BCUT2D eigenvalue weighted by Crippen LogP contribution is 2.35. The summed E-state index contributed by atoms with van der Waals surface area (Å²) in [5.41, 5.74) is 1.81. The van der Waals surface area contributed by atoms with Crippen LogP contribution in [0.25, 0.3) is 0 Å². The summed E-state index contributed by atoms with van der Waals surface area (Å²) < 4.78 is 0. The Morgan fingerprint density at radius 3 is 2.38 bits per heavy atom. The van der Waals surface area contributed by atoms with Crippen molar-refractivity contribution in [2.45, 2.75) is 19.8 Å². The third-order valence-electron chi connectivity index (χ3n) is 3.91. The van der Waals surface area contributed by atoms with E-state index in [1.807, 2.05) is 6.92 Å². The number of carboxylic acid groups (broad SMARTS) is 1. The molecule has 0 spiro atoms. The molecular weight excluding hydrogens is 272 g/mol. The van der Waals surface area contributed by atoms with Gasteiger partial charge in [-0.2, -0.15) is 0 Å². The summed E-state index contributed by atoms with van der Waals surface area (Å²) in [7, 11) is 1.53. The molecule has 112 valence electrons. The number of hydrogen-bond donors (Lipinski definition) is 3. The lowest BCUT2D eigenvalue weighted by Crippen LogP contribution is -2.41. The monoisotopic (exact) mass is 290 g/mol. The standard InChI is InChI=1S/C15H18N2O4/c1-8-3-4-9(13(18)16-2)7-12(8)17-14(19)10-5-6-11(10)15(20)21/h3-4,7,10-11H,5-6H2,1-2H3,(H,16,18)(H,17,19)(H,20,21). The lowest BCUT2D eigenvalue weighted by molar-refractivity contribution is -0.151. The van der Waals surface area contributed by atoms with Crippen LogP contribution in [-0.4, -0.2) is 29.9 Å². The van der Waals surface area contributed by atoms with E-state index in [1.54, 1.807) is 18.2 Å². The van der Waals surface area contributed by atoms with Gasteiger partial charge in [0, 0.05) is 18.3 Å². The first kappa shape index (κ1) is 15.0. The first-order valence-corrected chi connectivity index (χ1v) is 6.80. The largest absolute Gasteiger partial charge is 0.481 e. The molecule has 0 aromatic heterocycles. The van der Waals surface area contributed by atoms with Gasteiger partial charge in [-0.25, -0.2) is 0 Å². The molecule has 2 unspecified atom stereocenters. The van der Waals surface area contributed by atoms with Crippen molar-refractivity contribution in [3.63, 3.8) is 0 Å². The number of benzene rings is 1. The predicted octanol–water partition coefficient (Wildman–Crippen LogP) is 1.40. The van der Waals surface area contributed by atoms with Crippen molar-refractivity contribution in [2.24, 2.45) is 11.8 Å². The molecule has 1 aliphatic rings. The van der Waals surface area contributed by atoms with Crippen molar-refractivity contribution in [1.29, 1.82) is 0 Å². The number of anilines is 1. The fourth-order valence-corrected chi connectivity index (χ4v) is 2.38. The molecule has 0 heterocycles. The van der Waals surface area contributed by atoms with Gasteiger partial charge in [-0.15, -0.1) is 0 Å². The molecule has 0 bridgehead atoms. The fraction of sp³-hybridized carbons (Fsp3) is 0.400. The molecule has 0 saturated heterocycles. The van der Waals surface area contributed by atoms with E-state index >= 15 is 0 Å². The fourth-order valence-electron chi connectivity index (χ4n) is 2.38. The van der Waals surface area contributed by atoms with E-state index in [2.05, 4.69) is 10.6 Å². The predicted molar refractivity (Wildman–Crippen MR) is 77.0 cm³/mol. The van der Waals surface area contributed by atoms with Crippen LogP contribution in [0.1, 0.15) is 28.8 Å². The van der Waals surface area contributed by atoms with Gasteiger partial charge in [-0.1, -0.05) is 6.07 Å². The second-order valence-electron chi connectivity index (χ2n) is 5.23. The molecule has 1 saturated carbocycles. The Balaban J connectivity index is 2.14. The van der Waals surface area contributed by atoms with Crippen molar-refractivity contribution in [3.8, 4) is 0 Å². The van der Waals surface area contributed by atoms with E-state index in [4.69, 9.17) is 5.11 Å². The molecule has 2 amide bonds. The van der Waals surface area contributed by atoms with Gasteiger partial charge in [0.25, 0.3) is 5.91 Å². The first-order valence-electron chi connectivity index (χ1n) is 6.80. The molecule has 0 radical (unpaired) electrons. The highest BCUT2D eigenvalue weighted by molar-refractivity contribution is 5.99. The zero-order valence-corrected chi connectivity index (χ0v) is 12.0. The van der Waals surface area contributed by atoms with E-state index < -0.39 is 17.8 Å². The van der Waals surface area contributed by atoms with Gasteiger partial charge in [0.15, 0.2) is 0 Å². The third kappa shape index (κ3) is 3.04. The average molecular weight is 290 g/mol. The van der Waals surface area contributed by atoms with Gasteiger partial charge in [-0.3, -0.25) is 14.4 Å². The van der Waals surface area contributed by atoms with Crippen molar-refractivity contribution >= 4 is 23.5 Å². The second-order valence-corrected chi connectivity index (χ2v) is 5.23. The molecule has 21 heavy (non-hydrogen) atoms. The van der Waals surface area contributed by atoms with Crippen molar-refractivity contribution in [1.82, 2.24) is 5.32 Å². The summed E-state index contributed by atoms with van der Waals surface area (Å²) in [6.07, 6.45) is 1.11. The van der Waals surface area contributed by atoms with Crippen LogP contribution in [0.2, 0.25) is 0 Å². The smallest absolute Gasteiger partial charge is 0.307 e.